The van der Waals surface area contributed by atoms with Gasteiger partial charge in [-0.3, -0.25) is 9.59 Å². The molecule has 1 heterocycles. The van der Waals surface area contributed by atoms with E-state index >= 15 is 0 Å². The third-order valence-electron chi connectivity index (χ3n) is 1.23. The highest BCUT2D eigenvalue weighted by Gasteiger charge is 1.99. The molecule has 0 saturated heterocycles. The number of aldehydes is 2. The first-order valence-electron chi connectivity index (χ1n) is 2.94. The Bertz CT molecular complexity index is 296. The highest BCUT2D eigenvalue weighted by molar-refractivity contribution is 5.85. The molecule has 0 aliphatic rings. The van der Waals surface area contributed by atoms with Crippen molar-refractivity contribution in [2.75, 3.05) is 5.73 Å². The first-order chi connectivity index (χ1) is 5.27. The molecule has 11 heavy (non-hydrogen) atoms. The third-order valence-corrected chi connectivity index (χ3v) is 1.23. The molecule has 0 aliphatic carbocycles. The van der Waals surface area contributed by atoms with E-state index in [1.165, 1.54) is 12.3 Å². The molecule has 56 valence electrons. The normalized spacial score (nSPS) is 9.09. The predicted molar refractivity (Wildman–Crippen MR) is 39.4 cm³/mol. The number of carbonyl (C=O) groups excluding carboxylic acids is 2. The minimum atomic E-state index is 0.144. The average molecular weight is 150 g/mol. The second-order valence-corrected chi connectivity index (χ2v) is 1.98. The van der Waals surface area contributed by atoms with Crippen LogP contribution in [-0.2, 0) is 0 Å². The minimum Gasteiger partial charge on any atom is -0.383 e. The molecule has 0 saturated carbocycles. The van der Waals surface area contributed by atoms with E-state index in [1.807, 2.05) is 0 Å². The smallest absolute Gasteiger partial charge is 0.153 e. The summed E-state index contributed by atoms with van der Waals surface area (Å²) in [5.41, 5.74) is 5.89. The van der Waals surface area contributed by atoms with Gasteiger partial charge in [0.2, 0.25) is 0 Å². The SMILES string of the molecule is Nc1ncc(C=O)cc1C=O. The fraction of sp³-hybridized carbons (Fsp3) is 0. The van der Waals surface area contributed by atoms with Gasteiger partial charge in [0.05, 0.1) is 5.56 Å². The van der Waals surface area contributed by atoms with Crippen LogP contribution in [0.15, 0.2) is 12.3 Å². The highest BCUT2D eigenvalue weighted by atomic mass is 16.1. The van der Waals surface area contributed by atoms with Gasteiger partial charge >= 0.3 is 0 Å². The van der Waals surface area contributed by atoms with Gasteiger partial charge in [-0.25, -0.2) is 4.98 Å². The molecule has 2 N–H and O–H groups in total. The number of nitrogens with two attached hydrogens (primary N) is 1. The molecule has 4 heteroatoms. The summed E-state index contributed by atoms with van der Waals surface area (Å²) < 4.78 is 0. The number of hydrogen-bond acceptors (Lipinski definition) is 4. The molecule has 0 spiro atoms. The summed E-state index contributed by atoms with van der Waals surface area (Å²) in [6, 6.07) is 1.39. The van der Waals surface area contributed by atoms with Crippen molar-refractivity contribution in [3.8, 4) is 0 Å². The van der Waals surface area contributed by atoms with Crippen molar-refractivity contribution >= 4 is 18.4 Å². The summed E-state index contributed by atoms with van der Waals surface area (Å²) in [5.74, 6) is 0.144. The number of rotatable bonds is 2. The average Bonchev–Trinajstić information content (AvgIpc) is 2.05. The van der Waals surface area contributed by atoms with Crippen molar-refractivity contribution in [1.29, 1.82) is 0 Å². The van der Waals surface area contributed by atoms with Gasteiger partial charge in [0.15, 0.2) is 12.6 Å². The minimum absolute atomic E-state index is 0.144. The summed E-state index contributed by atoms with van der Waals surface area (Å²) in [4.78, 5) is 24.1. The van der Waals surface area contributed by atoms with Gasteiger partial charge in [-0.15, -0.1) is 0 Å². The van der Waals surface area contributed by atoms with E-state index in [-0.39, 0.29) is 11.4 Å². The second kappa shape index (κ2) is 2.92. The van der Waals surface area contributed by atoms with Crippen LogP contribution in [0.25, 0.3) is 0 Å². The van der Waals surface area contributed by atoms with Crippen molar-refractivity contribution in [3.63, 3.8) is 0 Å². The molecule has 1 aromatic rings. The van der Waals surface area contributed by atoms with Crippen LogP contribution in [-0.4, -0.2) is 17.6 Å². The zero-order valence-electron chi connectivity index (χ0n) is 5.65. The Kier molecular flexibility index (Phi) is 1.96. The summed E-state index contributed by atoms with van der Waals surface area (Å²) in [5, 5.41) is 0. The third kappa shape index (κ3) is 1.40. The maximum absolute atomic E-state index is 10.3. The lowest BCUT2D eigenvalue weighted by molar-refractivity contribution is 0.112. The molecule has 0 aliphatic heterocycles. The Labute approximate surface area is 63.0 Å². The zero-order chi connectivity index (χ0) is 8.27. The molecule has 0 unspecified atom stereocenters. The lowest BCUT2D eigenvalue weighted by atomic mass is 10.2. The Morgan fingerprint density at radius 2 is 2.09 bits per heavy atom. The van der Waals surface area contributed by atoms with Crippen molar-refractivity contribution in [1.82, 2.24) is 4.98 Å². The van der Waals surface area contributed by atoms with E-state index < -0.39 is 0 Å². The summed E-state index contributed by atoms with van der Waals surface area (Å²) >= 11 is 0. The van der Waals surface area contributed by atoms with Gasteiger partial charge in [-0.1, -0.05) is 0 Å². The van der Waals surface area contributed by atoms with Crippen molar-refractivity contribution in [3.05, 3.63) is 23.4 Å². The lowest BCUT2D eigenvalue weighted by Gasteiger charge is -1.95. The van der Waals surface area contributed by atoms with E-state index in [4.69, 9.17) is 5.73 Å². The monoisotopic (exact) mass is 150 g/mol. The van der Waals surface area contributed by atoms with Gasteiger partial charge in [0.1, 0.15) is 5.82 Å². The van der Waals surface area contributed by atoms with Gasteiger partial charge in [0.25, 0.3) is 0 Å². The van der Waals surface area contributed by atoms with Crippen LogP contribution in [0, 0.1) is 0 Å². The molecule has 0 atom stereocenters. The maximum Gasteiger partial charge on any atom is 0.153 e. The fourth-order valence-corrected chi connectivity index (χ4v) is 0.668. The molecule has 1 rings (SSSR count). The Morgan fingerprint density at radius 3 is 2.64 bits per heavy atom. The van der Waals surface area contributed by atoms with Gasteiger partial charge in [-0.2, -0.15) is 0 Å². The van der Waals surface area contributed by atoms with Crippen molar-refractivity contribution in [2.24, 2.45) is 0 Å². The molecule has 1 aromatic heterocycles. The largest absolute Gasteiger partial charge is 0.383 e. The second-order valence-electron chi connectivity index (χ2n) is 1.98. The fourth-order valence-electron chi connectivity index (χ4n) is 0.668. The van der Waals surface area contributed by atoms with Crippen molar-refractivity contribution in [2.45, 2.75) is 0 Å². The molecular weight excluding hydrogens is 144 g/mol. The number of pyridine rings is 1. The van der Waals surface area contributed by atoms with Crippen LogP contribution < -0.4 is 5.73 Å². The van der Waals surface area contributed by atoms with E-state index in [1.54, 1.807) is 0 Å². The van der Waals surface area contributed by atoms with E-state index in [9.17, 15) is 9.59 Å². The van der Waals surface area contributed by atoms with Crippen LogP contribution in [0.3, 0.4) is 0 Å². The Morgan fingerprint density at radius 1 is 1.36 bits per heavy atom. The summed E-state index contributed by atoms with van der Waals surface area (Å²) in [6.07, 6.45) is 2.49. The first kappa shape index (κ1) is 7.40. The maximum atomic E-state index is 10.3. The number of carbonyl (C=O) groups is 2. The van der Waals surface area contributed by atoms with Gasteiger partial charge < -0.3 is 5.73 Å². The molecule has 0 fully saturated rings. The van der Waals surface area contributed by atoms with Crippen LogP contribution in [0.5, 0.6) is 0 Å². The Balaban J connectivity index is 3.22. The predicted octanol–water partition coefficient (Wildman–Crippen LogP) is 0.289. The quantitative estimate of drug-likeness (QED) is 0.615. The van der Waals surface area contributed by atoms with Gasteiger partial charge in [0, 0.05) is 11.8 Å². The van der Waals surface area contributed by atoms with Crippen LogP contribution in [0.4, 0.5) is 5.82 Å². The highest BCUT2D eigenvalue weighted by Crippen LogP contribution is 2.05. The van der Waals surface area contributed by atoms with E-state index in [2.05, 4.69) is 4.98 Å². The molecule has 0 amide bonds. The van der Waals surface area contributed by atoms with E-state index in [0.717, 1.165) is 0 Å². The number of anilines is 1. The number of nitrogen functional groups attached to an aromatic ring is 1. The zero-order valence-corrected chi connectivity index (χ0v) is 5.65. The van der Waals surface area contributed by atoms with Crippen LogP contribution in [0.2, 0.25) is 0 Å². The number of hydrogen-bond donors (Lipinski definition) is 1. The van der Waals surface area contributed by atoms with Gasteiger partial charge in [-0.05, 0) is 6.07 Å². The summed E-state index contributed by atoms with van der Waals surface area (Å²) in [7, 11) is 0. The molecule has 0 aromatic carbocycles. The first-order valence-corrected chi connectivity index (χ1v) is 2.94. The Hall–Kier alpha value is -1.71. The molecule has 0 bridgehead atoms. The number of nitrogens with zero attached hydrogens (tertiary/aromatic N) is 1. The number of aromatic nitrogens is 1. The van der Waals surface area contributed by atoms with Crippen LogP contribution in [0.1, 0.15) is 20.7 Å². The summed E-state index contributed by atoms with van der Waals surface area (Å²) in [6.45, 7) is 0. The molecule has 4 nitrogen and oxygen atoms in total. The van der Waals surface area contributed by atoms with E-state index in [0.29, 0.717) is 18.1 Å². The molecule has 0 radical (unpaired) electrons. The molecular formula is C7H6N2O2. The topological polar surface area (TPSA) is 73.0 Å². The van der Waals surface area contributed by atoms with Crippen molar-refractivity contribution < 1.29 is 9.59 Å². The van der Waals surface area contributed by atoms with Crippen LogP contribution >= 0.6 is 0 Å². The lowest BCUT2D eigenvalue weighted by Crippen LogP contribution is -1.97. The standard InChI is InChI=1S/C7H6N2O2/c8-7-6(4-11)1-5(3-10)2-9-7/h1-4H,(H2,8,9).